The van der Waals surface area contributed by atoms with Crippen LogP contribution in [0.5, 0.6) is 11.5 Å². The highest BCUT2D eigenvalue weighted by Crippen LogP contribution is 2.34. The lowest BCUT2D eigenvalue weighted by atomic mass is 10.1. The molecule has 0 amide bonds. The Morgan fingerprint density at radius 3 is 2.88 bits per heavy atom. The number of nitrogens with one attached hydrogen (secondary N) is 1. The van der Waals surface area contributed by atoms with Crippen molar-refractivity contribution in [1.82, 2.24) is 9.97 Å². The standard InChI is InChI=1S/C17H21N5O2/c1-12-6-17(21-11-19-12)22(2)4-5-24-16-8-14-13(7-15(16)23-3)9-18-10-20-14/h6-8,10-11H,4-5,9H2,1-3H3,(H,18,20). The minimum absolute atomic E-state index is 0.517. The fraction of sp³-hybridized carbons (Fsp3) is 0.353. The Balaban J connectivity index is 1.64. The van der Waals surface area contributed by atoms with Crippen molar-refractivity contribution in [2.45, 2.75) is 13.5 Å². The van der Waals surface area contributed by atoms with Crippen LogP contribution in [0.1, 0.15) is 11.3 Å². The van der Waals surface area contributed by atoms with Crippen LogP contribution in [0, 0.1) is 6.92 Å². The van der Waals surface area contributed by atoms with E-state index in [0.717, 1.165) is 22.8 Å². The summed E-state index contributed by atoms with van der Waals surface area (Å²) in [6.45, 7) is 3.81. The number of anilines is 2. The minimum Gasteiger partial charge on any atom is -0.493 e. The van der Waals surface area contributed by atoms with Gasteiger partial charge in [0.05, 0.1) is 26.5 Å². The van der Waals surface area contributed by atoms with Crippen LogP contribution >= 0.6 is 0 Å². The van der Waals surface area contributed by atoms with Crippen molar-refractivity contribution >= 4 is 17.8 Å². The van der Waals surface area contributed by atoms with Gasteiger partial charge >= 0.3 is 0 Å². The molecule has 0 radical (unpaired) electrons. The zero-order valence-corrected chi connectivity index (χ0v) is 14.1. The Hall–Kier alpha value is -2.83. The van der Waals surface area contributed by atoms with Gasteiger partial charge in [0.15, 0.2) is 11.5 Å². The van der Waals surface area contributed by atoms with Gasteiger partial charge in [0, 0.05) is 36.1 Å². The molecule has 3 rings (SSSR count). The van der Waals surface area contributed by atoms with Crippen LogP contribution in [0.25, 0.3) is 0 Å². The molecule has 0 bridgehead atoms. The molecular weight excluding hydrogens is 306 g/mol. The third kappa shape index (κ3) is 3.56. The fourth-order valence-electron chi connectivity index (χ4n) is 2.46. The summed E-state index contributed by atoms with van der Waals surface area (Å²) < 4.78 is 11.4. The first-order chi connectivity index (χ1) is 11.7. The predicted octanol–water partition coefficient (Wildman–Crippen LogP) is 2.26. The molecule has 2 heterocycles. The number of hydrogen-bond acceptors (Lipinski definition) is 7. The van der Waals surface area contributed by atoms with Crippen LogP contribution in [0.4, 0.5) is 11.5 Å². The van der Waals surface area contributed by atoms with Gasteiger partial charge in [-0.1, -0.05) is 0 Å². The SMILES string of the molecule is COc1cc2c(cc1OCCN(C)c1cc(C)ncn1)NC=NC2. The van der Waals surface area contributed by atoms with Crippen LogP contribution < -0.4 is 19.7 Å². The molecule has 0 saturated carbocycles. The van der Waals surface area contributed by atoms with Crippen molar-refractivity contribution in [3.05, 3.63) is 35.8 Å². The van der Waals surface area contributed by atoms with Crippen molar-refractivity contribution in [2.75, 3.05) is 37.5 Å². The van der Waals surface area contributed by atoms with Crippen LogP contribution in [-0.2, 0) is 6.54 Å². The molecule has 7 heteroatoms. The molecule has 0 saturated heterocycles. The fourth-order valence-corrected chi connectivity index (χ4v) is 2.46. The molecule has 7 nitrogen and oxygen atoms in total. The highest BCUT2D eigenvalue weighted by atomic mass is 16.5. The van der Waals surface area contributed by atoms with Crippen molar-refractivity contribution in [3.8, 4) is 11.5 Å². The van der Waals surface area contributed by atoms with E-state index in [9.17, 15) is 0 Å². The van der Waals surface area contributed by atoms with Crippen LogP contribution in [0.3, 0.4) is 0 Å². The smallest absolute Gasteiger partial charge is 0.163 e. The quantitative estimate of drug-likeness (QED) is 0.877. The van der Waals surface area contributed by atoms with Crippen molar-refractivity contribution in [1.29, 1.82) is 0 Å². The lowest BCUT2D eigenvalue weighted by Crippen LogP contribution is -2.25. The molecule has 1 N–H and O–H groups in total. The van der Waals surface area contributed by atoms with Gasteiger partial charge in [-0.2, -0.15) is 0 Å². The van der Waals surface area contributed by atoms with Crippen molar-refractivity contribution in [2.24, 2.45) is 4.99 Å². The number of ether oxygens (including phenoxy) is 2. The number of rotatable bonds is 6. The summed E-state index contributed by atoms with van der Waals surface area (Å²) in [7, 11) is 3.62. The minimum atomic E-state index is 0.517. The number of fused-ring (bicyclic) bond motifs is 1. The molecule has 1 aromatic carbocycles. The second-order valence-corrected chi connectivity index (χ2v) is 5.56. The number of nitrogens with zero attached hydrogens (tertiary/aromatic N) is 4. The number of aryl methyl sites for hydroxylation is 1. The number of benzene rings is 1. The van der Waals surface area contributed by atoms with Gasteiger partial charge in [-0.15, -0.1) is 0 Å². The summed E-state index contributed by atoms with van der Waals surface area (Å²) in [5.41, 5.74) is 3.03. The van der Waals surface area contributed by atoms with E-state index in [1.165, 1.54) is 0 Å². The van der Waals surface area contributed by atoms with E-state index in [0.29, 0.717) is 31.2 Å². The molecule has 0 aliphatic carbocycles. The maximum absolute atomic E-state index is 5.92. The molecule has 1 aliphatic rings. The highest BCUT2D eigenvalue weighted by Gasteiger charge is 2.13. The molecule has 0 unspecified atom stereocenters. The molecule has 1 aromatic heterocycles. The number of aliphatic imine (C=N–C) groups is 1. The lowest BCUT2D eigenvalue weighted by Gasteiger charge is -2.20. The second-order valence-electron chi connectivity index (χ2n) is 5.56. The molecular formula is C17H21N5O2. The van der Waals surface area contributed by atoms with E-state index in [1.807, 2.05) is 37.1 Å². The van der Waals surface area contributed by atoms with Gasteiger partial charge < -0.3 is 19.7 Å². The molecule has 0 fully saturated rings. The van der Waals surface area contributed by atoms with Gasteiger partial charge in [0.2, 0.25) is 0 Å². The summed E-state index contributed by atoms with van der Waals surface area (Å²) >= 11 is 0. The largest absolute Gasteiger partial charge is 0.493 e. The molecule has 0 spiro atoms. The lowest BCUT2D eigenvalue weighted by molar-refractivity contribution is 0.300. The summed E-state index contributed by atoms with van der Waals surface area (Å²) in [6, 6.07) is 5.86. The van der Waals surface area contributed by atoms with Gasteiger partial charge in [-0.3, -0.25) is 4.99 Å². The first-order valence-corrected chi connectivity index (χ1v) is 7.75. The van der Waals surface area contributed by atoms with Crippen molar-refractivity contribution in [3.63, 3.8) is 0 Å². The average Bonchev–Trinajstić information content (AvgIpc) is 2.61. The predicted molar refractivity (Wildman–Crippen MR) is 94.3 cm³/mol. The van der Waals surface area contributed by atoms with E-state index >= 15 is 0 Å². The highest BCUT2D eigenvalue weighted by molar-refractivity contribution is 5.81. The molecule has 24 heavy (non-hydrogen) atoms. The second kappa shape index (κ2) is 7.16. The van der Waals surface area contributed by atoms with Gasteiger partial charge in [0.25, 0.3) is 0 Å². The number of likely N-dealkylation sites (N-methyl/N-ethyl adjacent to an activating group) is 1. The topological polar surface area (TPSA) is 71.9 Å². The summed E-state index contributed by atoms with van der Waals surface area (Å²) in [4.78, 5) is 14.6. The summed E-state index contributed by atoms with van der Waals surface area (Å²) in [6.07, 6.45) is 3.27. The van der Waals surface area contributed by atoms with Crippen molar-refractivity contribution < 1.29 is 9.47 Å². The Morgan fingerprint density at radius 2 is 2.08 bits per heavy atom. The first kappa shape index (κ1) is 16.0. The molecule has 1 aliphatic heterocycles. The van der Waals surface area contributed by atoms with E-state index < -0.39 is 0 Å². The normalized spacial score (nSPS) is 12.3. The number of hydrogen-bond donors (Lipinski definition) is 1. The number of methoxy groups -OCH3 is 1. The Bertz CT molecular complexity index is 748. The van der Waals surface area contributed by atoms with E-state index in [2.05, 4.69) is 20.3 Å². The maximum Gasteiger partial charge on any atom is 0.163 e. The zero-order chi connectivity index (χ0) is 16.9. The van der Waals surface area contributed by atoms with Crippen LogP contribution in [-0.4, -0.2) is 43.6 Å². The zero-order valence-electron chi connectivity index (χ0n) is 14.1. The first-order valence-electron chi connectivity index (χ1n) is 7.75. The Kier molecular flexibility index (Phi) is 4.79. The van der Waals surface area contributed by atoms with Crippen LogP contribution in [0.2, 0.25) is 0 Å². The molecule has 126 valence electrons. The molecule has 2 aromatic rings. The number of aromatic nitrogens is 2. The monoisotopic (exact) mass is 327 g/mol. The van der Waals surface area contributed by atoms with E-state index in [-0.39, 0.29) is 0 Å². The van der Waals surface area contributed by atoms with Gasteiger partial charge in [-0.25, -0.2) is 9.97 Å². The maximum atomic E-state index is 5.92. The summed E-state index contributed by atoms with van der Waals surface area (Å²) in [5, 5.41) is 3.13. The third-order valence-electron chi connectivity index (χ3n) is 3.83. The molecule has 0 atom stereocenters. The Labute approximate surface area is 141 Å². The van der Waals surface area contributed by atoms with Gasteiger partial charge in [-0.05, 0) is 13.0 Å². The van der Waals surface area contributed by atoms with E-state index in [4.69, 9.17) is 9.47 Å². The average molecular weight is 327 g/mol. The van der Waals surface area contributed by atoms with E-state index in [1.54, 1.807) is 19.8 Å². The third-order valence-corrected chi connectivity index (χ3v) is 3.83. The summed E-state index contributed by atoms with van der Waals surface area (Å²) in [5.74, 6) is 2.31. The Morgan fingerprint density at radius 1 is 1.21 bits per heavy atom. The van der Waals surface area contributed by atoms with Gasteiger partial charge in [0.1, 0.15) is 18.8 Å². The van der Waals surface area contributed by atoms with Crippen LogP contribution in [0.15, 0.2) is 29.5 Å².